The van der Waals surface area contributed by atoms with Gasteiger partial charge in [0, 0.05) is 18.6 Å². The lowest BCUT2D eigenvalue weighted by molar-refractivity contribution is 0.304. The minimum atomic E-state index is -0.0444. The number of benzene rings is 2. The highest BCUT2D eigenvalue weighted by atomic mass is 32.2. The van der Waals surface area contributed by atoms with Crippen molar-refractivity contribution in [3.63, 3.8) is 0 Å². The molecule has 170 valence electrons. The Labute approximate surface area is 192 Å². The van der Waals surface area contributed by atoms with Crippen LogP contribution in [0.1, 0.15) is 67.0 Å². The van der Waals surface area contributed by atoms with E-state index in [2.05, 4.69) is 23.2 Å². The van der Waals surface area contributed by atoms with Crippen molar-refractivity contribution in [2.24, 2.45) is 0 Å². The zero-order valence-electron chi connectivity index (χ0n) is 18.3. The van der Waals surface area contributed by atoms with Gasteiger partial charge >= 0.3 is 0 Å². The quantitative estimate of drug-likeness (QED) is 0.285. The van der Waals surface area contributed by atoms with Gasteiger partial charge in [-0.25, -0.2) is 0 Å². The topological polar surface area (TPSA) is 99.6 Å². The zero-order chi connectivity index (χ0) is 22.6. The predicted octanol–water partition coefficient (Wildman–Crippen LogP) is 5.63. The zero-order valence-corrected chi connectivity index (χ0v) is 19.1. The molecule has 0 bridgehead atoms. The molecule has 0 spiro atoms. The molecule has 0 saturated heterocycles. The van der Waals surface area contributed by atoms with Crippen LogP contribution in [0.15, 0.2) is 46.9 Å². The normalized spacial score (nSPS) is 20.2. The molecule has 1 aliphatic rings. The van der Waals surface area contributed by atoms with Crippen LogP contribution in [0, 0.1) is 0 Å². The van der Waals surface area contributed by atoms with Gasteiger partial charge in [0.1, 0.15) is 11.5 Å². The lowest BCUT2D eigenvalue weighted by Gasteiger charge is -2.43. The van der Waals surface area contributed by atoms with Gasteiger partial charge in [0.15, 0.2) is 0 Å². The number of aryl methyl sites for hydroxylation is 3. The average Bonchev–Trinajstić information content (AvgIpc) is 3.24. The second-order valence-corrected chi connectivity index (χ2v) is 9.49. The Hall–Kier alpha value is -2.51. The number of fused-ring (bicyclic) bond motifs is 1. The highest BCUT2D eigenvalue weighted by Gasteiger charge is 2.40. The van der Waals surface area contributed by atoms with Crippen LogP contribution in [-0.2, 0) is 24.7 Å². The Morgan fingerprint density at radius 3 is 2.47 bits per heavy atom. The number of aromatic nitrogens is 2. The van der Waals surface area contributed by atoms with Crippen molar-refractivity contribution in [3.8, 4) is 11.5 Å². The van der Waals surface area contributed by atoms with Crippen molar-refractivity contribution in [1.82, 2.24) is 10.2 Å². The highest BCUT2D eigenvalue weighted by molar-refractivity contribution is 7.93. The van der Waals surface area contributed by atoms with Crippen LogP contribution in [0.4, 0.5) is 0 Å². The van der Waals surface area contributed by atoms with Gasteiger partial charge in [0.25, 0.3) is 0 Å². The standard InChI is InChI=1S/C25H30N2O4S/c1-25(18-6-8-19(28)9-7-18)14-12-17-16-20(29)10-11-21(17)22(25)4-2-3-5-23-26-27-24(31-23)13-15-32-30/h6-11,16,22,28-30H,2-5,12-15H2,1H3. The molecule has 2 aromatic carbocycles. The molecule has 0 fully saturated rings. The highest BCUT2D eigenvalue weighted by Crippen LogP contribution is 2.50. The summed E-state index contributed by atoms with van der Waals surface area (Å²) < 4.78 is 14.5. The Morgan fingerprint density at radius 2 is 1.72 bits per heavy atom. The molecular formula is C25H30N2O4S. The molecule has 1 aliphatic carbocycles. The average molecular weight is 455 g/mol. The van der Waals surface area contributed by atoms with Crippen molar-refractivity contribution in [2.75, 3.05) is 5.75 Å². The molecule has 4 rings (SSSR count). The molecule has 1 heterocycles. The number of phenolic OH excluding ortho intramolecular Hbond substituents is 2. The summed E-state index contributed by atoms with van der Waals surface area (Å²) in [5.41, 5.74) is 3.74. The summed E-state index contributed by atoms with van der Waals surface area (Å²) in [6.45, 7) is 2.32. The lowest BCUT2D eigenvalue weighted by atomic mass is 9.60. The van der Waals surface area contributed by atoms with Gasteiger partial charge in [-0.15, -0.1) is 10.2 Å². The lowest BCUT2D eigenvalue weighted by Crippen LogP contribution is -2.35. The van der Waals surface area contributed by atoms with Gasteiger partial charge in [-0.3, -0.25) is 0 Å². The number of hydrogen-bond donors (Lipinski definition) is 3. The number of nitrogens with zero attached hydrogens (tertiary/aromatic N) is 2. The Balaban J connectivity index is 1.48. The van der Waals surface area contributed by atoms with Gasteiger partial charge in [-0.2, -0.15) is 0 Å². The number of aromatic hydroxyl groups is 2. The fourth-order valence-corrected chi connectivity index (χ4v) is 5.24. The molecular weight excluding hydrogens is 424 g/mol. The molecule has 3 N–H and O–H groups in total. The monoisotopic (exact) mass is 454 g/mol. The Morgan fingerprint density at radius 1 is 1.00 bits per heavy atom. The summed E-state index contributed by atoms with van der Waals surface area (Å²) in [6.07, 6.45) is 6.21. The van der Waals surface area contributed by atoms with Gasteiger partial charge in [0.05, 0.1) is 0 Å². The second kappa shape index (κ2) is 9.96. The first-order chi connectivity index (χ1) is 15.5. The Bertz CT molecular complexity index is 1040. The first-order valence-corrected chi connectivity index (χ1v) is 12.1. The molecule has 2 atom stereocenters. The molecule has 2 unspecified atom stereocenters. The largest absolute Gasteiger partial charge is 0.508 e. The third-order valence-electron chi connectivity index (χ3n) is 6.76. The van der Waals surface area contributed by atoms with Crippen LogP contribution in [0.5, 0.6) is 11.5 Å². The number of rotatable bonds is 9. The molecule has 3 aromatic rings. The third kappa shape index (κ3) is 4.94. The first-order valence-electron chi connectivity index (χ1n) is 11.2. The van der Waals surface area contributed by atoms with E-state index < -0.39 is 0 Å². The van der Waals surface area contributed by atoms with Crippen molar-refractivity contribution < 1.29 is 19.2 Å². The number of phenols is 2. The second-order valence-electron chi connectivity index (χ2n) is 8.82. The molecule has 0 aliphatic heterocycles. The van der Waals surface area contributed by atoms with E-state index in [9.17, 15) is 10.2 Å². The maximum atomic E-state index is 9.98. The van der Waals surface area contributed by atoms with Crippen LogP contribution in [0.2, 0.25) is 0 Å². The van der Waals surface area contributed by atoms with Crippen LogP contribution >= 0.6 is 12.0 Å². The predicted molar refractivity (Wildman–Crippen MR) is 125 cm³/mol. The van der Waals surface area contributed by atoms with Crippen molar-refractivity contribution >= 4 is 12.0 Å². The number of unbranched alkanes of at least 4 members (excludes halogenated alkanes) is 1. The summed E-state index contributed by atoms with van der Waals surface area (Å²) in [7, 11) is 0. The van der Waals surface area contributed by atoms with E-state index in [0.717, 1.165) is 50.6 Å². The van der Waals surface area contributed by atoms with E-state index in [1.54, 1.807) is 18.2 Å². The first kappa shape index (κ1) is 22.7. The van der Waals surface area contributed by atoms with Crippen LogP contribution in [0.25, 0.3) is 0 Å². The molecule has 1 aromatic heterocycles. The fraction of sp³-hybridized carbons (Fsp3) is 0.440. The van der Waals surface area contributed by atoms with Gasteiger partial charge in [-0.05, 0) is 90.0 Å². The fourth-order valence-electron chi connectivity index (χ4n) is 4.97. The molecule has 0 radical (unpaired) electrons. The Kier molecular flexibility index (Phi) is 7.06. The maximum absolute atomic E-state index is 9.98. The van der Waals surface area contributed by atoms with Gasteiger partial charge in [0.2, 0.25) is 11.8 Å². The summed E-state index contributed by atoms with van der Waals surface area (Å²) in [4.78, 5) is 0. The van der Waals surface area contributed by atoms with E-state index in [4.69, 9.17) is 8.97 Å². The summed E-state index contributed by atoms with van der Waals surface area (Å²) >= 11 is 0.780. The van der Waals surface area contributed by atoms with Crippen LogP contribution < -0.4 is 0 Å². The minimum Gasteiger partial charge on any atom is -0.508 e. The molecule has 0 saturated carbocycles. The summed E-state index contributed by atoms with van der Waals surface area (Å²) in [5.74, 6) is 2.69. The van der Waals surface area contributed by atoms with E-state index in [1.165, 1.54) is 16.7 Å². The van der Waals surface area contributed by atoms with Crippen LogP contribution in [0.3, 0.4) is 0 Å². The van der Waals surface area contributed by atoms with E-state index in [0.29, 0.717) is 35.6 Å². The smallest absolute Gasteiger partial charge is 0.217 e. The molecule has 6 nitrogen and oxygen atoms in total. The van der Waals surface area contributed by atoms with Crippen molar-refractivity contribution in [3.05, 3.63) is 70.9 Å². The number of hydrogen-bond acceptors (Lipinski definition) is 7. The summed E-state index contributed by atoms with van der Waals surface area (Å²) in [5, 5.41) is 27.9. The van der Waals surface area contributed by atoms with Crippen molar-refractivity contribution in [2.45, 2.75) is 63.2 Å². The van der Waals surface area contributed by atoms with E-state index >= 15 is 0 Å². The van der Waals surface area contributed by atoms with Gasteiger partial charge in [-0.1, -0.05) is 31.5 Å². The van der Waals surface area contributed by atoms with E-state index in [1.807, 2.05) is 18.2 Å². The third-order valence-corrected chi connectivity index (χ3v) is 7.15. The minimum absolute atomic E-state index is 0.0444. The maximum Gasteiger partial charge on any atom is 0.217 e. The molecule has 32 heavy (non-hydrogen) atoms. The summed E-state index contributed by atoms with van der Waals surface area (Å²) in [6, 6.07) is 13.4. The van der Waals surface area contributed by atoms with Gasteiger partial charge < -0.3 is 19.2 Å². The van der Waals surface area contributed by atoms with Crippen molar-refractivity contribution in [1.29, 1.82) is 0 Å². The SMILES string of the molecule is CC1(c2ccc(O)cc2)CCc2cc(O)ccc2C1CCCCc1nnc(CCSO)o1. The van der Waals surface area contributed by atoms with Crippen LogP contribution in [-0.4, -0.2) is 30.7 Å². The molecule has 7 heteroatoms. The van der Waals surface area contributed by atoms with E-state index in [-0.39, 0.29) is 11.2 Å². The molecule has 0 amide bonds.